The molecule has 2 aliphatic rings. The molecule has 138 valence electrons. The summed E-state index contributed by atoms with van der Waals surface area (Å²) >= 11 is 0. The summed E-state index contributed by atoms with van der Waals surface area (Å²) in [5.74, 6) is -1.45. The lowest BCUT2D eigenvalue weighted by Crippen LogP contribution is -2.52. The molecule has 0 atom stereocenters. The number of nitrogens with zero attached hydrogens (tertiary/aromatic N) is 1. The molecule has 0 saturated heterocycles. The molecule has 1 heterocycles. The highest BCUT2D eigenvalue weighted by Crippen LogP contribution is 2.23. The van der Waals surface area contributed by atoms with Gasteiger partial charge in [-0.25, -0.2) is 0 Å². The molecule has 7 nitrogen and oxygen atoms in total. The average Bonchev–Trinajstić information content (AvgIpc) is 2.83. The van der Waals surface area contributed by atoms with Crippen LogP contribution in [0.2, 0.25) is 0 Å². The smallest absolute Gasteiger partial charge is 0.261 e. The number of imide groups is 1. The van der Waals surface area contributed by atoms with Crippen molar-refractivity contribution in [3.05, 3.63) is 35.4 Å². The molecule has 1 aromatic carbocycles. The number of hydrogen-bond donors (Lipinski definition) is 2. The Hall–Kier alpha value is -2.70. The summed E-state index contributed by atoms with van der Waals surface area (Å²) in [5, 5.41) is 5.54. The lowest BCUT2D eigenvalue weighted by molar-refractivity contribution is -0.142. The van der Waals surface area contributed by atoms with E-state index in [9.17, 15) is 19.2 Å². The van der Waals surface area contributed by atoms with Crippen molar-refractivity contribution in [1.82, 2.24) is 15.5 Å². The van der Waals surface area contributed by atoms with Crippen LogP contribution in [-0.2, 0) is 9.59 Å². The molecule has 0 unspecified atom stereocenters. The van der Waals surface area contributed by atoms with Gasteiger partial charge in [-0.05, 0) is 45.2 Å². The van der Waals surface area contributed by atoms with Gasteiger partial charge in [0.15, 0.2) is 0 Å². The van der Waals surface area contributed by atoms with Gasteiger partial charge in [-0.1, -0.05) is 12.1 Å². The number of fused-ring (bicyclic) bond motifs is 1. The van der Waals surface area contributed by atoms with Gasteiger partial charge in [0.25, 0.3) is 11.8 Å². The van der Waals surface area contributed by atoms with Crippen molar-refractivity contribution >= 4 is 23.6 Å². The molecule has 26 heavy (non-hydrogen) atoms. The van der Waals surface area contributed by atoms with Gasteiger partial charge < -0.3 is 10.6 Å². The maximum absolute atomic E-state index is 12.4. The fraction of sp³-hybridized carbons (Fsp3) is 0.474. The minimum absolute atomic E-state index is 0.0679. The van der Waals surface area contributed by atoms with E-state index in [1.165, 1.54) is 0 Å². The summed E-state index contributed by atoms with van der Waals surface area (Å²) in [6.07, 6.45) is 2.99. The lowest BCUT2D eigenvalue weighted by Gasteiger charge is -2.31. The molecule has 1 aliphatic heterocycles. The Morgan fingerprint density at radius 2 is 1.65 bits per heavy atom. The Labute approximate surface area is 152 Å². The quantitative estimate of drug-likeness (QED) is 0.588. The van der Waals surface area contributed by atoms with Gasteiger partial charge in [-0.15, -0.1) is 0 Å². The molecule has 0 aromatic heterocycles. The molecule has 7 heteroatoms. The first kappa shape index (κ1) is 18.1. The van der Waals surface area contributed by atoms with E-state index >= 15 is 0 Å². The normalized spacial score (nSPS) is 16.9. The summed E-state index contributed by atoms with van der Waals surface area (Å²) in [6.45, 7) is 3.31. The first-order valence-electron chi connectivity index (χ1n) is 8.87. The van der Waals surface area contributed by atoms with Crippen molar-refractivity contribution in [2.45, 2.75) is 39.2 Å². The lowest BCUT2D eigenvalue weighted by atomic mass is 9.87. The van der Waals surface area contributed by atoms with Crippen LogP contribution in [0.1, 0.15) is 53.8 Å². The van der Waals surface area contributed by atoms with Gasteiger partial charge >= 0.3 is 0 Å². The van der Waals surface area contributed by atoms with Crippen molar-refractivity contribution in [3.8, 4) is 0 Å². The number of rotatable bonds is 6. The van der Waals surface area contributed by atoms with E-state index in [1.54, 1.807) is 38.1 Å². The Morgan fingerprint density at radius 3 is 2.15 bits per heavy atom. The number of benzene rings is 1. The van der Waals surface area contributed by atoms with Crippen LogP contribution in [0.15, 0.2) is 24.3 Å². The van der Waals surface area contributed by atoms with Crippen LogP contribution in [0.25, 0.3) is 0 Å². The van der Waals surface area contributed by atoms with Crippen LogP contribution < -0.4 is 10.6 Å². The predicted molar refractivity (Wildman–Crippen MR) is 94.4 cm³/mol. The molecule has 0 spiro atoms. The maximum atomic E-state index is 12.4. The van der Waals surface area contributed by atoms with Crippen molar-refractivity contribution < 1.29 is 19.2 Å². The number of carbonyl (C=O) groups is 4. The molecular formula is C19H23N3O4. The zero-order chi connectivity index (χ0) is 18.9. The number of amides is 4. The standard InChI is InChI=1S/C19H23N3O4/c1-19(2,18(26)21-12-6-5-7-12)17(25)20-10-11-22-15(23)13-8-3-4-9-14(13)16(22)24/h3-4,8-9,12H,5-7,10-11H2,1-2H3,(H,20,25)(H,21,26). The van der Waals surface area contributed by atoms with Crippen molar-refractivity contribution in [2.75, 3.05) is 13.1 Å². The maximum Gasteiger partial charge on any atom is 0.261 e. The summed E-state index contributed by atoms with van der Waals surface area (Å²) in [7, 11) is 0. The van der Waals surface area contributed by atoms with E-state index in [-0.39, 0.29) is 36.9 Å². The van der Waals surface area contributed by atoms with Crippen molar-refractivity contribution in [3.63, 3.8) is 0 Å². The Balaban J connectivity index is 1.53. The monoisotopic (exact) mass is 357 g/mol. The number of hydrogen-bond acceptors (Lipinski definition) is 4. The third kappa shape index (κ3) is 3.21. The first-order chi connectivity index (χ1) is 12.3. The van der Waals surface area contributed by atoms with Gasteiger partial charge in [-0.3, -0.25) is 24.1 Å². The summed E-state index contributed by atoms with van der Waals surface area (Å²) in [4.78, 5) is 50.4. The van der Waals surface area contributed by atoms with E-state index in [1.807, 2.05) is 0 Å². The molecule has 3 rings (SSSR count). The molecule has 1 saturated carbocycles. The first-order valence-corrected chi connectivity index (χ1v) is 8.87. The Kier molecular flexibility index (Phi) is 4.80. The van der Waals surface area contributed by atoms with Gasteiger partial charge in [0.1, 0.15) is 5.41 Å². The fourth-order valence-electron chi connectivity index (χ4n) is 2.97. The second-order valence-corrected chi connectivity index (χ2v) is 7.29. The molecule has 1 fully saturated rings. The van der Waals surface area contributed by atoms with E-state index < -0.39 is 11.3 Å². The topological polar surface area (TPSA) is 95.6 Å². The van der Waals surface area contributed by atoms with Gasteiger partial charge in [0, 0.05) is 19.1 Å². The molecular weight excluding hydrogens is 334 g/mol. The number of carbonyl (C=O) groups excluding carboxylic acids is 4. The van der Waals surface area contributed by atoms with E-state index in [4.69, 9.17) is 0 Å². The zero-order valence-corrected chi connectivity index (χ0v) is 15.0. The Bertz CT molecular complexity index is 733. The van der Waals surface area contributed by atoms with Crippen LogP contribution in [0.5, 0.6) is 0 Å². The predicted octanol–water partition coefficient (Wildman–Crippen LogP) is 1.09. The van der Waals surface area contributed by atoms with Gasteiger partial charge in [-0.2, -0.15) is 0 Å². The molecule has 1 aromatic rings. The van der Waals surface area contributed by atoms with Crippen LogP contribution in [-0.4, -0.2) is 47.7 Å². The minimum atomic E-state index is -1.21. The van der Waals surface area contributed by atoms with Crippen molar-refractivity contribution in [1.29, 1.82) is 0 Å². The summed E-state index contributed by atoms with van der Waals surface area (Å²) in [6, 6.07) is 6.80. The van der Waals surface area contributed by atoms with Crippen LogP contribution >= 0.6 is 0 Å². The highest BCUT2D eigenvalue weighted by atomic mass is 16.2. The third-order valence-corrected chi connectivity index (χ3v) is 5.07. The van der Waals surface area contributed by atoms with Crippen LogP contribution in [0.3, 0.4) is 0 Å². The third-order valence-electron chi connectivity index (χ3n) is 5.07. The van der Waals surface area contributed by atoms with Crippen LogP contribution in [0, 0.1) is 5.41 Å². The molecule has 4 amide bonds. The largest absolute Gasteiger partial charge is 0.353 e. The van der Waals surface area contributed by atoms with Crippen LogP contribution in [0.4, 0.5) is 0 Å². The highest BCUT2D eigenvalue weighted by molar-refractivity contribution is 6.21. The molecule has 1 aliphatic carbocycles. The SMILES string of the molecule is CC(C)(C(=O)NCCN1C(=O)c2ccccc2C1=O)C(=O)NC1CCC1. The zero-order valence-electron chi connectivity index (χ0n) is 15.0. The summed E-state index contributed by atoms with van der Waals surface area (Å²) in [5.41, 5.74) is -0.453. The second kappa shape index (κ2) is 6.90. The summed E-state index contributed by atoms with van der Waals surface area (Å²) < 4.78 is 0. The van der Waals surface area contributed by atoms with E-state index in [2.05, 4.69) is 10.6 Å². The average molecular weight is 357 g/mol. The highest BCUT2D eigenvalue weighted by Gasteiger charge is 2.38. The van der Waals surface area contributed by atoms with E-state index in [0.717, 1.165) is 24.2 Å². The molecule has 2 N–H and O–H groups in total. The molecule has 0 bridgehead atoms. The fourth-order valence-corrected chi connectivity index (χ4v) is 2.97. The Morgan fingerprint density at radius 1 is 1.08 bits per heavy atom. The molecule has 0 radical (unpaired) electrons. The second-order valence-electron chi connectivity index (χ2n) is 7.29. The van der Waals surface area contributed by atoms with Gasteiger partial charge in [0.05, 0.1) is 11.1 Å². The minimum Gasteiger partial charge on any atom is -0.353 e. The van der Waals surface area contributed by atoms with E-state index in [0.29, 0.717) is 11.1 Å². The van der Waals surface area contributed by atoms with Gasteiger partial charge in [0.2, 0.25) is 11.8 Å². The number of nitrogens with one attached hydrogen (secondary N) is 2. The van der Waals surface area contributed by atoms with Crippen molar-refractivity contribution in [2.24, 2.45) is 5.41 Å².